The van der Waals surface area contributed by atoms with Crippen molar-refractivity contribution in [2.75, 3.05) is 4.72 Å². The Morgan fingerprint density at radius 3 is 2.17 bits per heavy atom. The zero-order valence-electron chi connectivity index (χ0n) is 17.2. The number of hydrogen-bond donors (Lipinski definition) is 1. The molecule has 2 aromatic rings. The fourth-order valence-electron chi connectivity index (χ4n) is 3.91. The van der Waals surface area contributed by atoms with Gasteiger partial charge >= 0.3 is 0 Å². The number of nitrogens with zero attached hydrogens (tertiary/aromatic N) is 3. The van der Waals surface area contributed by atoms with Gasteiger partial charge in [0, 0.05) is 24.3 Å². The van der Waals surface area contributed by atoms with E-state index < -0.39 is 20.0 Å². The molecule has 1 fully saturated rings. The Morgan fingerprint density at radius 1 is 1.07 bits per heavy atom. The SMILES string of the molecule is CCn1ncc(S(=O)(=O)Nc2ccc(S(=O)(=O)N3[C@H](C)CCC[C@@H]3C)cc2)c1C. The summed E-state index contributed by atoms with van der Waals surface area (Å²) in [6.07, 6.45) is 4.01. The summed E-state index contributed by atoms with van der Waals surface area (Å²) in [6.45, 7) is 8.00. The average molecular weight is 441 g/mol. The monoisotopic (exact) mass is 440 g/mol. The van der Waals surface area contributed by atoms with Gasteiger partial charge in [-0.3, -0.25) is 9.40 Å². The van der Waals surface area contributed by atoms with Gasteiger partial charge in [0.15, 0.2) is 0 Å². The molecule has 2 atom stereocenters. The van der Waals surface area contributed by atoms with Crippen molar-refractivity contribution in [3.05, 3.63) is 36.2 Å². The molecule has 3 rings (SSSR count). The highest BCUT2D eigenvalue weighted by atomic mass is 32.2. The maximum Gasteiger partial charge on any atom is 0.265 e. The Morgan fingerprint density at radius 2 is 1.66 bits per heavy atom. The Labute approximate surface area is 173 Å². The molecule has 0 aliphatic carbocycles. The van der Waals surface area contributed by atoms with E-state index in [4.69, 9.17) is 0 Å². The largest absolute Gasteiger partial charge is 0.280 e. The molecule has 10 heteroatoms. The van der Waals surface area contributed by atoms with Crippen LogP contribution in [0.25, 0.3) is 0 Å². The van der Waals surface area contributed by atoms with Gasteiger partial charge in [-0.1, -0.05) is 6.42 Å². The fraction of sp³-hybridized carbons (Fsp3) is 0.526. The molecule has 0 spiro atoms. The van der Waals surface area contributed by atoms with Crippen molar-refractivity contribution in [3.8, 4) is 0 Å². The van der Waals surface area contributed by atoms with Crippen LogP contribution < -0.4 is 4.72 Å². The number of rotatable bonds is 6. The van der Waals surface area contributed by atoms with Gasteiger partial charge in [0.05, 0.1) is 16.8 Å². The predicted molar refractivity (Wildman–Crippen MR) is 112 cm³/mol. The highest BCUT2D eigenvalue weighted by Gasteiger charge is 2.35. The van der Waals surface area contributed by atoms with Gasteiger partial charge in [0.1, 0.15) is 4.90 Å². The molecule has 1 aromatic heterocycles. The van der Waals surface area contributed by atoms with Gasteiger partial charge in [-0.05, 0) is 64.8 Å². The van der Waals surface area contributed by atoms with Crippen LogP contribution >= 0.6 is 0 Å². The van der Waals surface area contributed by atoms with Gasteiger partial charge < -0.3 is 0 Å². The van der Waals surface area contributed by atoms with E-state index in [1.807, 2.05) is 20.8 Å². The molecule has 1 aliphatic rings. The maximum absolute atomic E-state index is 13.1. The Kier molecular flexibility index (Phi) is 6.07. The standard InChI is InChI=1S/C19H28N4O4S2/c1-5-22-16(4)19(13-20-22)28(24,25)21-17-9-11-18(12-10-17)29(26,27)23-14(2)7-6-8-15(23)3/h9-15,21H,5-8H2,1-4H3/t14-,15+. The normalized spacial score (nSPS) is 21.2. The van der Waals surface area contributed by atoms with Crippen molar-refractivity contribution in [2.24, 2.45) is 0 Å². The number of anilines is 1. The van der Waals surface area contributed by atoms with Gasteiger partial charge in [0.25, 0.3) is 10.0 Å². The zero-order chi connectivity index (χ0) is 21.4. The van der Waals surface area contributed by atoms with Crippen LogP contribution in [-0.4, -0.2) is 43.0 Å². The third-order valence-electron chi connectivity index (χ3n) is 5.44. The molecular formula is C19H28N4O4S2. The first-order chi connectivity index (χ1) is 13.6. The minimum Gasteiger partial charge on any atom is -0.280 e. The highest BCUT2D eigenvalue weighted by Crippen LogP contribution is 2.30. The number of aryl methyl sites for hydroxylation is 1. The third kappa shape index (κ3) is 4.19. The molecule has 0 saturated carbocycles. The van der Waals surface area contributed by atoms with Gasteiger partial charge in [-0.15, -0.1) is 0 Å². The smallest absolute Gasteiger partial charge is 0.265 e. The molecule has 0 amide bonds. The van der Waals surface area contributed by atoms with E-state index in [1.54, 1.807) is 15.9 Å². The molecule has 160 valence electrons. The molecule has 1 aromatic carbocycles. The van der Waals surface area contributed by atoms with Crippen molar-refractivity contribution in [2.45, 2.75) is 75.4 Å². The summed E-state index contributed by atoms with van der Waals surface area (Å²) in [5, 5.41) is 4.07. The number of piperidine rings is 1. The lowest BCUT2D eigenvalue weighted by molar-refractivity contribution is 0.204. The number of sulfonamides is 2. The van der Waals surface area contributed by atoms with Crippen LogP contribution in [0.3, 0.4) is 0 Å². The fourth-order valence-corrected chi connectivity index (χ4v) is 7.03. The van der Waals surface area contributed by atoms with Crippen LogP contribution in [0.4, 0.5) is 5.69 Å². The molecule has 0 radical (unpaired) electrons. The lowest BCUT2D eigenvalue weighted by Crippen LogP contribution is -2.47. The van der Waals surface area contributed by atoms with Gasteiger partial charge in [-0.2, -0.15) is 9.40 Å². The first kappa shape index (κ1) is 21.8. The van der Waals surface area contributed by atoms with Crippen LogP contribution in [0.1, 0.15) is 45.7 Å². The molecule has 2 heterocycles. The van der Waals surface area contributed by atoms with E-state index >= 15 is 0 Å². The Balaban J connectivity index is 1.84. The van der Waals surface area contributed by atoms with E-state index in [2.05, 4.69) is 9.82 Å². The summed E-state index contributed by atoms with van der Waals surface area (Å²) >= 11 is 0. The molecular weight excluding hydrogens is 412 g/mol. The van der Waals surface area contributed by atoms with Gasteiger partial charge in [0.2, 0.25) is 10.0 Å². The molecule has 0 unspecified atom stereocenters. The summed E-state index contributed by atoms with van der Waals surface area (Å²) in [5.74, 6) is 0. The second kappa shape index (κ2) is 8.08. The van der Waals surface area contributed by atoms with E-state index in [9.17, 15) is 16.8 Å². The van der Waals surface area contributed by atoms with Crippen molar-refractivity contribution in [3.63, 3.8) is 0 Å². The lowest BCUT2D eigenvalue weighted by Gasteiger charge is -2.37. The molecule has 1 N–H and O–H groups in total. The molecule has 8 nitrogen and oxygen atoms in total. The van der Waals surface area contributed by atoms with Crippen LogP contribution in [-0.2, 0) is 26.6 Å². The van der Waals surface area contributed by atoms with Crippen molar-refractivity contribution >= 4 is 25.7 Å². The van der Waals surface area contributed by atoms with E-state index in [1.165, 1.54) is 30.5 Å². The van der Waals surface area contributed by atoms with E-state index in [0.29, 0.717) is 17.9 Å². The van der Waals surface area contributed by atoms with E-state index in [0.717, 1.165) is 19.3 Å². The van der Waals surface area contributed by atoms with Crippen LogP contribution in [0, 0.1) is 6.92 Å². The number of benzene rings is 1. The van der Waals surface area contributed by atoms with Crippen LogP contribution in [0.5, 0.6) is 0 Å². The summed E-state index contributed by atoms with van der Waals surface area (Å²) in [7, 11) is -7.45. The Hall–Kier alpha value is -1.91. The highest BCUT2D eigenvalue weighted by molar-refractivity contribution is 7.92. The molecule has 1 saturated heterocycles. The first-order valence-electron chi connectivity index (χ1n) is 9.76. The number of aromatic nitrogens is 2. The molecule has 1 aliphatic heterocycles. The second-order valence-electron chi connectivity index (χ2n) is 7.50. The first-order valence-corrected chi connectivity index (χ1v) is 12.7. The maximum atomic E-state index is 13.1. The quantitative estimate of drug-likeness (QED) is 0.744. The number of nitrogens with one attached hydrogen (secondary N) is 1. The minimum absolute atomic E-state index is 0.0555. The molecule has 0 bridgehead atoms. The van der Waals surface area contributed by atoms with Crippen molar-refractivity contribution in [1.29, 1.82) is 0 Å². The third-order valence-corrected chi connectivity index (χ3v) is 9.07. The van der Waals surface area contributed by atoms with Crippen molar-refractivity contribution in [1.82, 2.24) is 14.1 Å². The average Bonchev–Trinajstić information content (AvgIpc) is 3.03. The summed E-state index contributed by atoms with van der Waals surface area (Å²) in [6, 6.07) is 5.74. The van der Waals surface area contributed by atoms with Gasteiger partial charge in [-0.25, -0.2) is 16.8 Å². The summed E-state index contributed by atoms with van der Waals surface area (Å²) in [4.78, 5) is 0.267. The summed E-state index contributed by atoms with van der Waals surface area (Å²) in [5.41, 5.74) is 0.847. The topological polar surface area (TPSA) is 101 Å². The lowest BCUT2D eigenvalue weighted by atomic mass is 10.0. The second-order valence-corrected chi connectivity index (χ2v) is 11.0. The van der Waals surface area contributed by atoms with Crippen LogP contribution in [0.2, 0.25) is 0 Å². The summed E-state index contributed by atoms with van der Waals surface area (Å²) < 4.78 is 57.2. The molecule has 29 heavy (non-hydrogen) atoms. The van der Waals surface area contributed by atoms with Crippen LogP contribution in [0.15, 0.2) is 40.3 Å². The zero-order valence-corrected chi connectivity index (χ0v) is 18.8. The predicted octanol–water partition coefficient (Wildman–Crippen LogP) is 2.96. The van der Waals surface area contributed by atoms with Crippen molar-refractivity contribution < 1.29 is 16.8 Å². The Bertz CT molecular complexity index is 1070. The minimum atomic E-state index is -3.81. The van der Waals surface area contributed by atoms with E-state index in [-0.39, 0.29) is 21.9 Å². The number of hydrogen-bond acceptors (Lipinski definition) is 5.